The van der Waals surface area contributed by atoms with Gasteiger partial charge in [0.25, 0.3) is 11.8 Å². The predicted octanol–water partition coefficient (Wildman–Crippen LogP) is 5.16. The predicted molar refractivity (Wildman–Crippen MR) is 129 cm³/mol. The highest BCUT2D eigenvalue weighted by Gasteiger charge is 2.18. The van der Waals surface area contributed by atoms with Crippen LogP contribution in [0.5, 0.6) is 5.75 Å². The van der Waals surface area contributed by atoms with Crippen LogP contribution in [0.15, 0.2) is 78.9 Å². The summed E-state index contributed by atoms with van der Waals surface area (Å²) in [5, 5.41) is 2.88. The first-order chi connectivity index (χ1) is 16.1. The van der Waals surface area contributed by atoms with Gasteiger partial charge in [0.15, 0.2) is 0 Å². The molecule has 3 aromatic rings. The van der Waals surface area contributed by atoms with Crippen LogP contribution in [-0.4, -0.2) is 37.7 Å². The normalized spacial score (nSPS) is 15.1. The number of amides is 2. The van der Waals surface area contributed by atoms with Crippen LogP contribution < -0.4 is 15.0 Å². The number of rotatable bonds is 8. The molecule has 33 heavy (non-hydrogen) atoms. The summed E-state index contributed by atoms with van der Waals surface area (Å²) >= 11 is 0. The largest absolute Gasteiger partial charge is 0.491 e. The summed E-state index contributed by atoms with van der Waals surface area (Å²) < 4.78 is 11.3. The Bertz CT molecular complexity index is 1080. The van der Waals surface area contributed by atoms with E-state index in [9.17, 15) is 9.59 Å². The fourth-order valence-corrected chi connectivity index (χ4v) is 3.81. The van der Waals surface area contributed by atoms with Gasteiger partial charge in [-0.25, -0.2) is 0 Å². The van der Waals surface area contributed by atoms with E-state index >= 15 is 0 Å². The van der Waals surface area contributed by atoms with Gasteiger partial charge in [0.1, 0.15) is 12.4 Å². The minimum Gasteiger partial charge on any atom is -0.491 e. The van der Waals surface area contributed by atoms with E-state index in [0.29, 0.717) is 35.7 Å². The zero-order chi connectivity index (χ0) is 23.0. The number of carbonyl (C=O) groups is 2. The van der Waals surface area contributed by atoms with Crippen LogP contribution in [0, 0.1) is 0 Å². The van der Waals surface area contributed by atoms with Crippen LogP contribution in [0.1, 0.15) is 40.5 Å². The lowest BCUT2D eigenvalue weighted by Crippen LogP contribution is -2.30. The number of benzene rings is 3. The molecule has 170 valence electrons. The van der Waals surface area contributed by atoms with E-state index in [-0.39, 0.29) is 17.9 Å². The number of ether oxygens (including phenoxy) is 2. The minimum absolute atomic E-state index is 0.118. The highest BCUT2D eigenvalue weighted by atomic mass is 16.5. The van der Waals surface area contributed by atoms with Gasteiger partial charge >= 0.3 is 0 Å². The van der Waals surface area contributed by atoms with Gasteiger partial charge < -0.3 is 19.7 Å². The highest BCUT2D eigenvalue weighted by molar-refractivity contribution is 6.08. The van der Waals surface area contributed by atoms with Crippen LogP contribution in [-0.2, 0) is 4.74 Å². The van der Waals surface area contributed by atoms with Crippen LogP contribution >= 0.6 is 0 Å². The molecule has 0 spiro atoms. The molecule has 1 unspecified atom stereocenters. The molecule has 0 saturated carbocycles. The van der Waals surface area contributed by atoms with Crippen molar-refractivity contribution in [1.29, 1.82) is 0 Å². The van der Waals surface area contributed by atoms with E-state index in [0.717, 1.165) is 25.1 Å². The average molecular weight is 445 g/mol. The first-order valence-electron chi connectivity index (χ1n) is 11.3. The molecule has 3 aromatic carbocycles. The van der Waals surface area contributed by atoms with Gasteiger partial charge in [0.05, 0.1) is 6.10 Å². The molecule has 1 saturated heterocycles. The number of hydrogen-bond acceptors (Lipinski definition) is 4. The summed E-state index contributed by atoms with van der Waals surface area (Å²) in [6.45, 7) is 3.79. The summed E-state index contributed by atoms with van der Waals surface area (Å²) in [5.74, 6) is 0.337. The van der Waals surface area contributed by atoms with Gasteiger partial charge in [-0.1, -0.05) is 24.3 Å². The second-order valence-corrected chi connectivity index (χ2v) is 7.89. The minimum atomic E-state index is -0.249. The second kappa shape index (κ2) is 10.8. The third-order valence-electron chi connectivity index (χ3n) is 5.57. The van der Waals surface area contributed by atoms with Crippen LogP contribution in [0.25, 0.3) is 0 Å². The zero-order valence-corrected chi connectivity index (χ0v) is 18.7. The summed E-state index contributed by atoms with van der Waals surface area (Å²) in [4.78, 5) is 27.5. The molecule has 1 heterocycles. The summed E-state index contributed by atoms with van der Waals surface area (Å²) in [6.07, 6.45) is 2.24. The number of nitrogens with zero attached hydrogens (tertiary/aromatic N) is 1. The van der Waals surface area contributed by atoms with Crippen molar-refractivity contribution in [2.45, 2.75) is 25.9 Å². The topological polar surface area (TPSA) is 67.9 Å². The molecule has 1 aliphatic rings. The lowest BCUT2D eigenvalue weighted by Gasteiger charge is -2.21. The maximum absolute atomic E-state index is 13.1. The summed E-state index contributed by atoms with van der Waals surface area (Å²) in [7, 11) is 0. The Labute approximate surface area is 194 Å². The summed E-state index contributed by atoms with van der Waals surface area (Å²) in [5.41, 5.74) is 2.42. The van der Waals surface area contributed by atoms with Crippen molar-refractivity contribution in [2.75, 3.05) is 30.0 Å². The van der Waals surface area contributed by atoms with Gasteiger partial charge in [0.2, 0.25) is 0 Å². The Kier molecular flexibility index (Phi) is 7.37. The third-order valence-corrected chi connectivity index (χ3v) is 5.57. The molecule has 0 aromatic heterocycles. The standard InChI is InChI=1S/C27H28N2O4/c1-2-29(23-10-4-3-5-11-23)27(31)21-8-6-9-22(18-21)28-26(30)20-13-15-24(16-14-20)33-19-25-12-7-17-32-25/h3-6,8-11,13-16,18,25H,2,7,12,17,19H2,1H3,(H,28,30). The smallest absolute Gasteiger partial charge is 0.258 e. The van der Waals surface area contributed by atoms with Gasteiger partial charge in [-0.3, -0.25) is 9.59 Å². The number of para-hydroxylation sites is 1. The number of nitrogens with one attached hydrogen (secondary N) is 1. The molecule has 1 N–H and O–H groups in total. The van der Waals surface area contributed by atoms with Crippen molar-refractivity contribution < 1.29 is 19.1 Å². The van der Waals surface area contributed by atoms with Gasteiger partial charge in [-0.15, -0.1) is 0 Å². The number of anilines is 2. The Morgan fingerprint density at radius 3 is 2.48 bits per heavy atom. The number of carbonyl (C=O) groups excluding carboxylic acids is 2. The van der Waals surface area contributed by atoms with E-state index in [4.69, 9.17) is 9.47 Å². The molecular formula is C27H28N2O4. The molecule has 0 radical (unpaired) electrons. The van der Waals surface area contributed by atoms with E-state index in [1.54, 1.807) is 53.4 Å². The maximum atomic E-state index is 13.1. The van der Waals surface area contributed by atoms with Gasteiger partial charge in [0, 0.05) is 35.7 Å². The Morgan fingerprint density at radius 1 is 1.00 bits per heavy atom. The monoisotopic (exact) mass is 444 g/mol. The summed E-state index contributed by atoms with van der Waals surface area (Å²) in [6, 6.07) is 23.5. The van der Waals surface area contributed by atoms with E-state index in [1.807, 2.05) is 37.3 Å². The average Bonchev–Trinajstić information content (AvgIpc) is 3.38. The molecule has 1 fully saturated rings. The van der Waals surface area contributed by atoms with Gasteiger partial charge in [-0.2, -0.15) is 0 Å². The second-order valence-electron chi connectivity index (χ2n) is 7.89. The van der Waals surface area contributed by atoms with Crippen molar-refractivity contribution in [2.24, 2.45) is 0 Å². The van der Waals surface area contributed by atoms with E-state index in [2.05, 4.69) is 5.32 Å². The van der Waals surface area contributed by atoms with E-state index < -0.39 is 0 Å². The molecule has 6 nitrogen and oxygen atoms in total. The quantitative estimate of drug-likeness (QED) is 0.521. The fourth-order valence-electron chi connectivity index (χ4n) is 3.81. The zero-order valence-electron chi connectivity index (χ0n) is 18.7. The Hall–Kier alpha value is -3.64. The first kappa shape index (κ1) is 22.6. The van der Waals surface area contributed by atoms with E-state index in [1.165, 1.54) is 0 Å². The molecule has 6 heteroatoms. The van der Waals surface area contributed by atoms with Crippen molar-refractivity contribution in [1.82, 2.24) is 0 Å². The Morgan fingerprint density at radius 2 is 1.79 bits per heavy atom. The van der Waals surface area contributed by atoms with Crippen LogP contribution in [0.2, 0.25) is 0 Å². The molecule has 0 bridgehead atoms. The SMILES string of the molecule is CCN(C(=O)c1cccc(NC(=O)c2ccc(OCC3CCCO3)cc2)c1)c1ccccc1. The first-order valence-corrected chi connectivity index (χ1v) is 11.3. The third kappa shape index (κ3) is 5.79. The van der Waals surface area contributed by atoms with Crippen LogP contribution in [0.3, 0.4) is 0 Å². The van der Waals surface area contributed by atoms with Crippen LogP contribution in [0.4, 0.5) is 11.4 Å². The lowest BCUT2D eigenvalue weighted by molar-refractivity contribution is 0.0679. The molecule has 4 rings (SSSR count). The molecule has 1 atom stereocenters. The maximum Gasteiger partial charge on any atom is 0.258 e. The Balaban J connectivity index is 1.39. The van der Waals surface area contributed by atoms with Gasteiger partial charge in [-0.05, 0) is 74.4 Å². The number of hydrogen-bond donors (Lipinski definition) is 1. The molecule has 2 amide bonds. The fraction of sp³-hybridized carbons (Fsp3) is 0.259. The van der Waals surface area contributed by atoms with Crippen molar-refractivity contribution in [3.05, 3.63) is 90.0 Å². The molecule has 0 aliphatic carbocycles. The molecular weight excluding hydrogens is 416 g/mol. The molecule has 1 aliphatic heterocycles. The van der Waals surface area contributed by atoms with Crippen molar-refractivity contribution in [3.63, 3.8) is 0 Å². The highest BCUT2D eigenvalue weighted by Crippen LogP contribution is 2.20. The van der Waals surface area contributed by atoms with Crippen molar-refractivity contribution in [3.8, 4) is 5.75 Å². The lowest BCUT2D eigenvalue weighted by atomic mass is 10.1. The van der Waals surface area contributed by atoms with Crippen molar-refractivity contribution >= 4 is 23.2 Å².